The molecule has 0 N–H and O–H groups in total. The summed E-state index contributed by atoms with van der Waals surface area (Å²) in [6.45, 7) is 6.69. The summed E-state index contributed by atoms with van der Waals surface area (Å²) in [6, 6.07) is 0. The van der Waals surface area contributed by atoms with E-state index < -0.39 is 0 Å². The van der Waals surface area contributed by atoms with Gasteiger partial charge in [-0.05, 0) is 20.0 Å². The Labute approximate surface area is 72.7 Å². The van der Waals surface area contributed by atoms with E-state index in [1.54, 1.807) is 0 Å². The van der Waals surface area contributed by atoms with E-state index in [1.807, 2.05) is 0 Å². The first kappa shape index (κ1) is 35.2. The van der Waals surface area contributed by atoms with Gasteiger partial charge >= 0.3 is 22.4 Å². The quantitative estimate of drug-likeness (QED) is 0.366. The van der Waals surface area contributed by atoms with Crippen molar-refractivity contribution in [1.82, 2.24) is 0 Å². The Morgan fingerprint density at radius 3 is 0.750 bits per heavy atom. The molecule has 0 saturated heterocycles. The summed E-state index contributed by atoms with van der Waals surface area (Å²) in [5.41, 5.74) is 0. The molecule has 0 aromatic heterocycles. The van der Waals surface area contributed by atoms with Crippen molar-refractivity contribution in [3.8, 4) is 0 Å². The third kappa shape index (κ3) is 199. The van der Waals surface area contributed by atoms with Gasteiger partial charge in [0.25, 0.3) is 0 Å². The normalized spacial score (nSPS) is 4.50. The maximum Gasteiger partial charge on any atom is 3.00 e. The van der Waals surface area contributed by atoms with E-state index in [4.69, 9.17) is 0 Å². The molecule has 0 unspecified atom stereocenters. The zero-order valence-electron chi connectivity index (χ0n) is 6.75. The Balaban J connectivity index is -0.00000000750. The molecule has 0 aromatic rings. The molecule has 0 aliphatic rings. The van der Waals surface area contributed by atoms with Crippen molar-refractivity contribution >= 4 is 7.92 Å². The van der Waals surface area contributed by atoms with E-state index in [0.29, 0.717) is 7.92 Å². The number of hydrogen-bond acceptors (Lipinski definition) is 0. The predicted octanol–water partition coefficient (Wildman–Crippen LogP) is 2.71. The van der Waals surface area contributed by atoms with Crippen LogP contribution in [0.15, 0.2) is 0 Å². The summed E-state index contributed by atoms with van der Waals surface area (Å²) in [4.78, 5) is 0. The SMILES string of the molecule is CP(C)C.[Au+3].[CH3-].[CH3-].[CH3-]. The fourth-order valence-corrected chi connectivity index (χ4v) is 0. The van der Waals surface area contributed by atoms with Gasteiger partial charge in [-0.25, -0.2) is 0 Å². The summed E-state index contributed by atoms with van der Waals surface area (Å²) in [7, 11) is 0.380. The van der Waals surface area contributed by atoms with Gasteiger partial charge < -0.3 is 22.3 Å². The molecule has 0 amide bonds. The molecular formula is C6H18AuP. The van der Waals surface area contributed by atoms with E-state index >= 15 is 0 Å². The van der Waals surface area contributed by atoms with Crippen molar-refractivity contribution in [1.29, 1.82) is 0 Å². The zero-order chi connectivity index (χ0) is 3.58. The molecule has 0 rings (SSSR count). The standard InChI is InChI=1S/C3H9P.3CH3.Au/c1-4(2)3;;;;/h1-3H3;3*1H3;/q;3*-1;+3. The van der Waals surface area contributed by atoms with Crippen LogP contribution in [0.2, 0.25) is 0 Å². The molecule has 0 aliphatic carbocycles. The minimum absolute atomic E-state index is 0. The first-order chi connectivity index (χ1) is 1.73. The second kappa shape index (κ2) is 24.2. The molecule has 0 nitrogen and oxygen atoms in total. The van der Waals surface area contributed by atoms with Gasteiger partial charge in [-0.1, -0.05) is 0 Å². The topological polar surface area (TPSA) is 0 Å². The third-order valence-electron chi connectivity index (χ3n) is 0. The molecule has 58 valence electrons. The van der Waals surface area contributed by atoms with Crippen LogP contribution >= 0.6 is 7.92 Å². The molecule has 0 spiro atoms. The molecule has 0 bridgehead atoms. The second-order valence-electron chi connectivity index (χ2n) is 1.34. The molecule has 2 heteroatoms. The molecule has 0 radical (unpaired) electrons. The average Bonchev–Trinajstić information content (AvgIpc) is 0.811. The molecule has 0 saturated carbocycles. The van der Waals surface area contributed by atoms with Crippen molar-refractivity contribution < 1.29 is 22.4 Å². The number of rotatable bonds is 0. The Kier molecular flexibility index (Phi) is 106. The Hall–Kier alpha value is 1.17. The van der Waals surface area contributed by atoms with Crippen LogP contribution in [-0.4, -0.2) is 20.0 Å². The van der Waals surface area contributed by atoms with Crippen LogP contribution in [0.25, 0.3) is 0 Å². The second-order valence-corrected chi connectivity index (χ2v) is 4.02. The molecule has 0 heterocycles. The van der Waals surface area contributed by atoms with E-state index in [-0.39, 0.29) is 44.7 Å². The van der Waals surface area contributed by atoms with E-state index in [1.165, 1.54) is 0 Å². The van der Waals surface area contributed by atoms with E-state index in [2.05, 4.69) is 20.0 Å². The molecule has 0 aromatic carbocycles. The van der Waals surface area contributed by atoms with Gasteiger partial charge in [-0.15, -0.1) is 7.92 Å². The van der Waals surface area contributed by atoms with Gasteiger partial charge in [0, 0.05) is 0 Å². The molecule has 0 aliphatic heterocycles. The van der Waals surface area contributed by atoms with Gasteiger partial charge in [0.2, 0.25) is 0 Å². The van der Waals surface area contributed by atoms with Crippen molar-refractivity contribution in [3.63, 3.8) is 0 Å². The Morgan fingerprint density at radius 2 is 0.750 bits per heavy atom. The Bertz CT molecular complexity index is 13.2. The largest absolute Gasteiger partial charge is 3.00 e. The van der Waals surface area contributed by atoms with Gasteiger partial charge in [0.1, 0.15) is 0 Å². The summed E-state index contributed by atoms with van der Waals surface area (Å²) < 4.78 is 0. The van der Waals surface area contributed by atoms with E-state index in [0.717, 1.165) is 0 Å². The minimum atomic E-state index is 0. The van der Waals surface area contributed by atoms with Gasteiger partial charge in [0.05, 0.1) is 0 Å². The average molecular weight is 318 g/mol. The van der Waals surface area contributed by atoms with E-state index in [9.17, 15) is 0 Å². The number of hydrogen-bond donors (Lipinski definition) is 0. The summed E-state index contributed by atoms with van der Waals surface area (Å²) in [5, 5.41) is 0. The van der Waals surface area contributed by atoms with Gasteiger partial charge in [-0.3, -0.25) is 0 Å². The van der Waals surface area contributed by atoms with Crippen LogP contribution in [-0.2, 0) is 22.4 Å². The van der Waals surface area contributed by atoms with Crippen LogP contribution in [0.3, 0.4) is 0 Å². The maximum absolute atomic E-state index is 2.23. The minimum Gasteiger partial charge on any atom is -0.358 e. The monoisotopic (exact) mass is 318 g/mol. The molecule has 0 fully saturated rings. The third-order valence-corrected chi connectivity index (χ3v) is 0. The van der Waals surface area contributed by atoms with Crippen LogP contribution in [0, 0.1) is 22.3 Å². The Morgan fingerprint density at radius 1 is 0.750 bits per heavy atom. The first-order valence-corrected chi connectivity index (χ1v) is 4.02. The van der Waals surface area contributed by atoms with Crippen LogP contribution < -0.4 is 0 Å². The van der Waals surface area contributed by atoms with Crippen LogP contribution in [0.5, 0.6) is 0 Å². The van der Waals surface area contributed by atoms with Crippen molar-refractivity contribution in [2.75, 3.05) is 20.0 Å². The predicted molar refractivity (Wildman–Crippen MR) is 43.9 cm³/mol. The van der Waals surface area contributed by atoms with Gasteiger partial charge in [0.15, 0.2) is 0 Å². The van der Waals surface area contributed by atoms with Crippen molar-refractivity contribution in [2.24, 2.45) is 0 Å². The zero-order valence-corrected chi connectivity index (χ0v) is 9.81. The first-order valence-electron chi connectivity index (χ1n) is 1.34. The van der Waals surface area contributed by atoms with Crippen molar-refractivity contribution in [3.05, 3.63) is 22.3 Å². The summed E-state index contributed by atoms with van der Waals surface area (Å²) >= 11 is 0. The molecule has 8 heavy (non-hydrogen) atoms. The molecular weight excluding hydrogens is 300 g/mol. The van der Waals surface area contributed by atoms with Crippen LogP contribution in [0.4, 0.5) is 0 Å². The fourth-order valence-electron chi connectivity index (χ4n) is 0. The molecule has 0 atom stereocenters. The summed E-state index contributed by atoms with van der Waals surface area (Å²) in [5.74, 6) is 0. The van der Waals surface area contributed by atoms with Crippen molar-refractivity contribution in [2.45, 2.75) is 0 Å². The fraction of sp³-hybridized carbons (Fsp3) is 0.500. The maximum atomic E-state index is 2.23. The smallest absolute Gasteiger partial charge is 0.358 e. The van der Waals surface area contributed by atoms with Crippen LogP contribution in [0.1, 0.15) is 0 Å². The summed E-state index contributed by atoms with van der Waals surface area (Å²) in [6.07, 6.45) is 0. The van der Waals surface area contributed by atoms with Gasteiger partial charge in [-0.2, -0.15) is 0 Å².